The third-order valence-electron chi connectivity index (χ3n) is 4.18. The lowest BCUT2D eigenvalue weighted by atomic mass is 9.97. The highest BCUT2D eigenvalue weighted by atomic mass is 32.2. The molecule has 1 aliphatic carbocycles. The van der Waals surface area contributed by atoms with E-state index in [-0.39, 0.29) is 17.3 Å². The molecule has 3 unspecified atom stereocenters. The number of carbonyl (C=O) groups excluding carboxylic acids is 1. The lowest BCUT2D eigenvalue weighted by Gasteiger charge is -2.30. The van der Waals surface area contributed by atoms with Crippen molar-refractivity contribution < 1.29 is 13.7 Å². The van der Waals surface area contributed by atoms with Gasteiger partial charge in [0.2, 0.25) is 0 Å². The van der Waals surface area contributed by atoms with Gasteiger partial charge in [-0.1, -0.05) is 36.8 Å². The van der Waals surface area contributed by atoms with E-state index < -0.39 is 10.8 Å². The molecule has 1 aromatic carbocycles. The fourth-order valence-electron chi connectivity index (χ4n) is 2.89. The van der Waals surface area contributed by atoms with Gasteiger partial charge in [0.1, 0.15) is 6.10 Å². The molecule has 23 heavy (non-hydrogen) atoms. The molecule has 0 aliphatic heterocycles. The second-order valence-corrected chi connectivity index (χ2v) is 8.07. The van der Waals surface area contributed by atoms with Crippen LogP contribution in [0.15, 0.2) is 30.3 Å². The summed E-state index contributed by atoms with van der Waals surface area (Å²) in [5.74, 6) is 0.365. The van der Waals surface area contributed by atoms with E-state index in [0.717, 1.165) is 31.2 Å². The minimum atomic E-state index is -1.00. The van der Waals surface area contributed by atoms with Crippen LogP contribution < -0.4 is 0 Å². The van der Waals surface area contributed by atoms with Crippen LogP contribution in [-0.4, -0.2) is 47.1 Å². The van der Waals surface area contributed by atoms with Gasteiger partial charge in [-0.2, -0.15) is 0 Å². The summed E-state index contributed by atoms with van der Waals surface area (Å²) in [6.07, 6.45) is 4.02. The van der Waals surface area contributed by atoms with Crippen molar-refractivity contribution in [1.29, 1.82) is 0 Å². The summed E-state index contributed by atoms with van der Waals surface area (Å²) in [6, 6.07) is 9.89. The summed E-state index contributed by atoms with van der Waals surface area (Å²) in [5, 5.41) is -0.0349. The Morgan fingerprint density at radius 3 is 2.61 bits per heavy atom. The van der Waals surface area contributed by atoms with Crippen molar-refractivity contribution in [2.24, 2.45) is 0 Å². The van der Waals surface area contributed by atoms with Gasteiger partial charge in [0, 0.05) is 23.1 Å². The molecule has 4 nitrogen and oxygen atoms in total. The molecule has 1 fully saturated rings. The number of benzene rings is 1. The third kappa shape index (κ3) is 6.07. The van der Waals surface area contributed by atoms with Crippen molar-refractivity contribution in [3.05, 3.63) is 35.9 Å². The van der Waals surface area contributed by atoms with E-state index in [1.807, 2.05) is 49.3 Å². The van der Waals surface area contributed by atoms with Crippen LogP contribution in [0, 0.1) is 0 Å². The molecule has 0 bridgehead atoms. The Hall–Kier alpha value is -1.20. The van der Waals surface area contributed by atoms with Crippen LogP contribution >= 0.6 is 0 Å². The van der Waals surface area contributed by atoms with Crippen LogP contribution in [0.3, 0.4) is 0 Å². The van der Waals surface area contributed by atoms with Crippen molar-refractivity contribution in [3.63, 3.8) is 0 Å². The van der Waals surface area contributed by atoms with Crippen molar-refractivity contribution in [3.8, 4) is 0 Å². The topological polar surface area (TPSA) is 46.6 Å². The zero-order chi connectivity index (χ0) is 16.7. The highest BCUT2D eigenvalue weighted by molar-refractivity contribution is 7.84. The fraction of sp³-hybridized carbons (Fsp3) is 0.611. The molecule has 1 aromatic rings. The van der Waals surface area contributed by atoms with Crippen LogP contribution in [-0.2, 0) is 26.1 Å². The second kappa shape index (κ2) is 9.18. The third-order valence-corrected chi connectivity index (χ3v) is 6.01. The first-order chi connectivity index (χ1) is 11.1. The minimum absolute atomic E-state index is 0.0349. The van der Waals surface area contributed by atoms with Gasteiger partial charge in [0.05, 0.1) is 11.7 Å². The molecule has 0 radical (unpaired) electrons. The van der Waals surface area contributed by atoms with Crippen molar-refractivity contribution in [1.82, 2.24) is 4.90 Å². The number of rotatable bonds is 7. The fourth-order valence-corrected chi connectivity index (χ4v) is 4.58. The van der Waals surface area contributed by atoms with E-state index in [1.165, 1.54) is 0 Å². The standard InChI is InChI=1S/C18H27NO3S/c1-19(2)13-12-18(20)22-16-10-6-7-11-17(16)23(21)14-15-8-4-3-5-9-15/h3-5,8-9,16-17H,6-7,10-14H2,1-2H3. The number of ether oxygens (including phenoxy) is 1. The van der Waals surface area contributed by atoms with Crippen LogP contribution in [0.5, 0.6) is 0 Å². The summed E-state index contributed by atoms with van der Waals surface area (Å²) in [6.45, 7) is 0.684. The summed E-state index contributed by atoms with van der Waals surface area (Å²) in [7, 11) is 2.87. The maximum absolute atomic E-state index is 12.7. The average Bonchev–Trinajstić information content (AvgIpc) is 2.54. The van der Waals surface area contributed by atoms with E-state index in [0.29, 0.717) is 18.7 Å². The number of hydrogen-bond acceptors (Lipinski definition) is 4. The monoisotopic (exact) mass is 337 g/mol. The quantitative estimate of drug-likeness (QED) is 0.718. The van der Waals surface area contributed by atoms with E-state index in [9.17, 15) is 9.00 Å². The summed E-state index contributed by atoms with van der Waals surface area (Å²) >= 11 is 0. The van der Waals surface area contributed by atoms with E-state index in [2.05, 4.69) is 0 Å². The molecule has 0 saturated heterocycles. The lowest BCUT2D eigenvalue weighted by molar-refractivity contribution is -0.150. The van der Waals surface area contributed by atoms with Crippen molar-refractivity contribution >= 4 is 16.8 Å². The lowest BCUT2D eigenvalue weighted by Crippen LogP contribution is -2.38. The van der Waals surface area contributed by atoms with E-state index in [1.54, 1.807) is 0 Å². The molecule has 0 amide bonds. The molecule has 2 rings (SSSR count). The summed E-state index contributed by atoms with van der Waals surface area (Å²) in [5.41, 5.74) is 1.08. The minimum Gasteiger partial charge on any atom is -0.461 e. The van der Waals surface area contributed by atoms with Gasteiger partial charge in [-0.05, 0) is 38.9 Å². The summed E-state index contributed by atoms with van der Waals surface area (Å²) in [4.78, 5) is 14.0. The zero-order valence-electron chi connectivity index (χ0n) is 14.1. The van der Waals surface area contributed by atoms with E-state index >= 15 is 0 Å². The molecule has 5 heteroatoms. The molecular weight excluding hydrogens is 310 g/mol. The van der Waals surface area contributed by atoms with Gasteiger partial charge < -0.3 is 9.64 Å². The zero-order valence-corrected chi connectivity index (χ0v) is 14.9. The van der Waals surface area contributed by atoms with E-state index in [4.69, 9.17) is 4.74 Å². The van der Waals surface area contributed by atoms with Crippen molar-refractivity contribution in [2.75, 3.05) is 20.6 Å². The highest BCUT2D eigenvalue weighted by Gasteiger charge is 2.32. The molecular formula is C18H27NO3S. The molecule has 1 saturated carbocycles. The SMILES string of the molecule is CN(C)CCC(=O)OC1CCCCC1S(=O)Cc1ccccc1. The Morgan fingerprint density at radius 1 is 1.22 bits per heavy atom. The molecule has 0 N–H and O–H groups in total. The highest BCUT2D eigenvalue weighted by Crippen LogP contribution is 2.27. The number of esters is 1. The van der Waals surface area contributed by atoms with Crippen LogP contribution in [0.2, 0.25) is 0 Å². The summed E-state index contributed by atoms with van der Waals surface area (Å²) < 4.78 is 18.4. The normalized spacial score (nSPS) is 22.7. The average molecular weight is 337 g/mol. The molecule has 0 aromatic heterocycles. The second-order valence-electron chi connectivity index (χ2n) is 6.42. The molecule has 128 valence electrons. The first-order valence-electron chi connectivity index (χ1n) is 8.31. The number of hydrogen-bond donors (Lipinski definition) is 0. The van der Waals surface area contributed by atoms with Crippen molar-refractivity contribution in [2.45, 2.75) is 49.2 Å². The smallest absolute Gasteiger partial charge is 0.307 e. The van der Waals surface area contributed by atoms with Crippen LogP contribution in [0.25, 0.3) is 0 Å². The van der Waals surface area contributed by atoms with Gasteiger partial charge in [-0.3, -0.25) is 9.00 Å². The Balaban J connectivity index is 1.92. The van der Waals surface area contributed by atoms with Gasteiger partial charge in [-0.15, -0.1) is 0 Å². The first kappa shape index (κ1) is 18.1. The molecule has 0 spiro atoms. The molecule has 0 heterocycles. The molecule has 1 aliphatic rings. The van der Waals surface area contributed by atoms with Gasteiger partial charge >= 0.3 is 5.97 Å². The Bertz CT molecular complexity index is 518. The van der Waals surface area contributed by atoms with Crippen LogP contribution in [0.4, 0.5) is 0 Å². The van der Waals surface area contributed by atoms with Crippen LogP contribution in [0.1, 0.15) is 37.7 Å². The molecule has 3 atom stereocenters. The van der Waals surface area contributed by atoms with Gasteiger partial charge in [0.25, 0.3) is 0 Å². The van der Waals surface area contributed by atoms with Gasteiger partial charge in [0.15, 0.2) is 0 Å². The number of carbonyl (C=O) groups is 1. The largest absolute Gasteiger partial charge is 0.461 e. The van der Waals surface area contributed by atoms with Gasteiger partial charge in [-0.25, -0.2) is 0 Å². The Morgan fingerprint density at radius 2 is 1.91 bits per heavy atom. The Kier molecular flexibility index (Phi) is 7.24. The predicted octanol–water partition coefficient (Wildman–Crippen LogP) is 2.74. The predicted molar refractivity (Wildman–Crippen MR) is 93.6 cm³/mol. The first-order valence-corrected chi connectivity index (χ1v) is 9.70. The number of nitrogens with zero attached hydrogens (tertiary/aromatic N) is 1. The maximum Gasteiger partial charge on any atom is 0.307 e. The Labute approximate surface area is 141 Å². The maximum atomic E-state index is 12.7.